The molecule has 5 rings (SSSR count). The van der Waals surface area contributed by atoms with Crippen LogP contribution in [0.15, 0.2) is 47.4 Å². The fourth-order valence-electron chi connectivity index (χ4n) is 4.73. The average Bonchev–Trinajstić information content (AvgIpc) is 2.89. The van der Waals surface area contributed by atoms with Crippen LogP contribution in [0.25, 0.3) is 5.57 Å². The van der Waals surface area contributed by atoms with Crippen LogP contribution in [0.1, 0.15) is 29.7 Å². The number of hydrogen-bond acceptors (Lipinski definition) is 8. The largest absolute Gasteiger partial charge is 0.469 e. The molecule has 3 aromatic rings. The van der Waals surface area contributed by atoms with E-state index in [4.69, 9.17) is 0 Å². The third-order valence-corrected chi connectivity index (χ3v) is 8.53. The molecule has 0 saturated carbocycles. The minimum Gasteiger partial charge on any atom is -0.469 e. The minimum atomic E-state index is -3.71. The van der Waals surface area contributed by atoms with Crippen LogP contribution in [0.5, 0.6) is 0 Å². The van der Waals surface area contributed by atoms with Crippen molar-refractivity contribution < 1.29 is 31.1 Å². The number of ether oxygens (including phenoxy) is 1. The van der Waals surface area contributed by atoms with Gasteiger partial charge in [-0.05, 0) is 60.2 Å². The zero-order chi connectivity index (χ0) is 27.7. The van der Waals surface area contributed by atoms with Gasteiger partial charge in [0.05, 0.1) is 30.7 Å². The zero-order valence-corrected chi connectivity index (χ0v) is 21.8. The predicted molar refractivity (Wildman–Crippen MR) is 139 cm³/mol. The number of rotatable bonds is 6. The Balaban J connectivity index is 1.47. The lowest BCUT2D eigenvalue weighted by Crippen LogP contribution is -2.31. The van der Waals surface area contributed by atoms with Crippen molar-refractivity contribution in [3.05, 3.63) is 76.7 Å². The molecule has 1 aromatic heterocycles. The number of halogens is 3. The minimum absolute atomic E-state index is 0.00908. The fourth-order valence-corrected chi connectivity index (χ4v) is 6.35. The maximum atomic E-state index is 15.0. The number of sulfone groups is 1. The van der Waals surface area contributed by atoms with Crippen molar-refractivity contribution in [2.45, 2.75) is 30.6 Å². The molecule has 0 radical (unpaired) electrons. The zero-order valence-electron chi connectivity index (χ0n) is 21.0. The summed E-state index contributed by atoms with van der Waals surface area (Å²) in [6.45, 7) is 0.751. The van der Waals surface area contributed by atoms with Crippen molar-refractivity contribution >= 4 is 38.8 Å². The molecule has 2 aliphatic rings. The molecule has 3 heterocycles. The highest BCUT2D eigenvalue weighted by Crippen LogP contribution is 2.35. The first kappa shape index (κ1) is 26.7. The normalized spacial score (nSPS) is 16.3. The van der Waals surface area contributed by atoms with Crippen molar-refractivity contribution in [1.82, 2.24) is 9.97 Å². The monoisotopic (exact) mass is 558 g/mol. The molecule has 0 spiro atoms. The van der Waals surface area contributed by atoms with E-state index in [9.17, 15) is 26.4 Å². The van der Waals surface area contributed by atoms with E-state index in [1.165, 1.54) is 37.4 Å². The Morgan fingerprint density at radius 3 is 2.51 bits per heavy atom. The number of carbonyl (C=O) groups excluding carboxylic acids is 1. The summed E-state index contributed by atoms with van der Waals surface area (Å²) in [4.78, 5) is 22.3. The standard InChI is InChI=1S/C27H25F3N4O4S/c1-38-24(35)12-16-4-5-22(21(30)11-16)31-26-25-23(3-2-10-39(25,36)37)32-27(33-26)34-8-6-17(7-9-34)18-13-19(28)15-20(29)14-18/h4-6,11,13-15H,2-3,7-10,12H2,1H3,(H,31,32,33). The van der Waals surface area contributed by atoms with Crippen LogP contribution in [0.2, 0.25) is 0 Å². The summed E-state index contributed by atoms with van der Waals surface area (Å²) in [6, 6.07) is 7.49. The maximum Gasteiger partial charge on any atom is 0.309 e. The van der Waals surface area contributed by atoms with Gasteiger partial charge in [-0.25, -0.2) is 26.6 Å². The van der Waals surface area contributed by atoms with Gasteiger partial charge in [-0.2, -0.15) is 4.98 Å². The van der Waals surface area contributed by atoms with E-state index in [2.05, 4.69) is 20.0 Å². The van der Waals surface area contributed by atoms with Crippen molar-refractivity contribution in [2.24, 2.45) is 0 Å². The molecule has 0 aliphatic carbocycles. The quantitative estimate of drug-likeness (QED) is 0.446. The number of nitrogens with zero attached hydrogens (tertiary/aromatic N) is 3. The number of anilines is 3. The van der Waals surface area contributed by atoms with Crippen molar-refractivity contribution in [3.8, 4) is 0 Å². The molecule has 12 heteroatoms. The molecule has 0 unspecified atom stereocenters. The second kappa shape index (κ2) is 10.7. The van der Waals surface area contributed by atoms with Crippen LogP contribution < -0.4 is 10.2 Å². The van der Waals surface area contributed by atoms with E-state index in [0.717, 1.165) is 11.6 Å². The number of fused-ring (bicyclic) bond motifs is 1. The summed E-state index contributed by atoms with van der Waals surface area (Å²) >= 11 is 0. The van der Waals surface area contributed by atoms with Gasteiger partial charge in [0, 0.05) is 19.2 Å². The lowest BCUT2D eigenvalue weighted by atomic mass is 9.99. The number of methoxy groups -OCH3 is 1. The lowest BCUT2D eigenvalue weighted by Gasteiger charge is -2.29. The molecule has 2 aliphatic heterocycles. The second-order valence-electron chi connectivity index (χ2n) is 9.35. The first-order valence-electron chi connectivity index (χ1n) is 12.3. The van der Waals surface area contributed by atoms with Crippen LogP contribution in [-0.2, 0) is 32.2 Å². The maximum absolute atomic E-state index is 15.0. The third kappa shape index (κ3) is 5.75. The van der Waals surface area contributed by atoms with Gasteiger partial charge in [-0.15, -0.1) is 0 Å². The summed E-state index contributed by atoms with van der Waals surface area (Å²) < 4.78 is 72.9. The van der Waals surface area contributed by atoms with Gasteiger partial charge < -0.3 is 15.0 Å². The summed E-state index contributed by atoms with van der Waals surface area (Å²) in [5.74, 6) is -2.36. The Morgan fingerprint density at radius 2 is 1.85 bits per heavy atom. The number of nitrogens with one attached hydrogen (secondary N) is 1. The molecule has 8 nitrogen and oxygen atoms in total. The number of aromatic nitrogens is 2. The highest BCUT2D eigenvalue weighted by Gasteiger charge is 2.31. The van der Waals surface area contributed by atoms with Gasteiger partial charge in [-0.1, -0.05) is 12.1 Å². The van der Waals surface area contributed by atoms with E-state index in [0.29, 0.717) is 49.2 Å². The molecule has 204 valence electrons. The molecule has 0 fully saturated rings. The number of hydrogen-bond donors (Lipinski definition) is 1. The van der Waals surface area contributed by atoms with E-state index in [1.54, 1.807) is 0 Å². The molecular weight excluding hydrogens is 533 g/mol. The molecular formula is C27H25F3N4O4S. The molecule has 1 N–H and O–H groups in total. The SMILES string of the molecule is COC(=O)Cc1ccc(Nc2nc(N3CC=C(c4cc(F)cc(F)c4)CC3)nc3c2S(=O)(=O)CCC3)c(F)c1. The van der Waals surface area contributed by atoms with E-state index < -0.39 is 33.3 Å². The van der Waals surface area contributed by atoms with Crippen molar-refractivity contribution in [1.29, 1.82) is 0 Å². The molecule has 0 saturated heterocycles. The summed E-state index contributed by atoms with van der Waals surface area (Å²) in [5.41, 5.74) is 1.97. The van der Waals surface area contributed by atoms with Crippen molar-refractivity contribution in [3.63, 3.8) is 0 Å². The van der Waals surface area contributed by atoms with Gasteiger partial charge in [0.25, 0.3) is 0 Å². The average molecular weight is 559 g/mol. The molecule has 0 bridgehead atoms. The van der Waals surface area contributed by atoms with Crippen LogP contribution >= 0.6 is 0 Å². The third-order valence-electron chi connectivity index (χ3n) is 6.65. The summed E-state index contributed by atoms with van der Waals surface area (Å²) in [7, 11) is -2.46. The van der Waals surface area contributed by atoms with E-state index in [-0.39, 0.29) is 34.5 Å². The smallest absolute Gasteiger partial charge is 0.309 e. The Morgan fingerprint density at radius 1 is 1.08 bits per heavy atom. The molecule has 39 heavy (non-hydrogen) atoms. The fraction of sp³-hybridized carbons (Fsp3) is 0.296. The Hall–Kier alpha value is -3.93. The van der Waals surface area contributed by atoms with E-state index >= 15 is 0 Å². The van der Waals surface area contributed by atoms with Gasteiger partial charge >= 0.3 is 5.97 Å². The Bertz CT molecular complexity index is 1570. The number of aryl methyl sites for hydroxylation is 1. The van der Waals surface area contributed by atoms with Crippen LogP contribution in [0.4, 0.5) is 30.6 Å². The molecule has 2 aromatic carbocycles. The number of benzene rings is 2. The predicted octanol–water partition coefficient (Wildman–Crippen LogP) is 4.37. The number of carbonyl (C=O) groups is 1. The van der Waals surface area contributed by atoms with Crippen LogP contribution in [0, 0.1) is 17.5 Å². The van der Waals surface area contributed by atoms with Crippen LogP contribution in [-0.4, -0.2) is 50.3 Å². The Kier molecular flexibility index (Phi) is 7.30. The van der Waals surface area contributed by atoms with Gasteiger partial charge in [0.2, 0.25) is 5.95 Å². The van der Waals surface area contributed by atoms with Gasteiger partial charge in [-0.3, -0.25) is 4.79 Å². The first-order valence-corrected chi connectivity index (χ1v) is 13.9. The molecule has 0 atom stereocenters. The summed E-state index contributed by atoms with van der Waals surface area (Å²) in [6.07, 6.45) is 2.99. The highest BCUT2D eigenvalue weighted by molar-refractivity contribution is 7.91. The first-order chi connectivity index (χ1) is 18.6. The van der Waals surface area contributed by atoms with Crippen molar-refractivity contribution in [2.75, 3.05) is 36.2 Å². The lowest BCUT2D eigenvalue weighted by molar-refractivity contribution is -0.139. The van der Waals surface area contributed by atoms with Gasteiger partial charge in [0.1, 0.15) is 22.3 Å². The highest BCUT2D eigenvalue weighted by atomic mass is 32.2. The molecule has 0 amide bonds. The summed E-state index contributed by atoms with van der Waals surface area (Å²) in [5, 5.41) is 2.83. The topological polar surface area (TPSA) is 101 Å². The second-order valence-corrected chi connectivity index (χ2v) is 11.4. The van der Waals surface area contributed by atoms with Crippen LogP contribution in [0.3, 0.4) is 0 Å². The number of esters is 1. The van der Waals surface area contributed by atoms with E-state index in [1.807, 2.05) is 11.0 Å². The Labute approximate surface area is 223 Å². The van der Waals surface area contributed by atoms with Gasteiger partial charge in [0.15, 0.2) is 15.7 Å².